The van der Waals surface area contributed by atoms with Crippen LogP contribution in [-0.2, 0) is 16.1 Å². The minimum Gasteiger partial charge on any atom is -0.368 e. The zero-order valence-electron chi connectivity index (χ0n) is 14.7. The Morgan fingerprint density at radius 2 is 2.08 bits per heavy atom. The van der Waals surface area contributed by atoms with E-state index in [0.717, 1.165) is 28.1 Å². The molecule has 0 radical (unpaired) electrons. The molecule has 25 heavy (non-hydrogen) atoms. The van der Waals surface area contributed by atoms with Crippen LogP contribution < -0.4 is 5.73 Å². The quantitative estimate of drug-likeness (QED) is 0.866. The lowest BCUT2D eigenvalue weighted by molar-refractivity contribution is -0.146. The van der Waals surface area contributed by atoms with Crippen molar-refractivity contribution in [3.8, 4) is 11.3 Å². The van der Waals surface area contributed by atoms with Crippen LogP contribution >= 0.6 is 0 Å². The number of benzene rings is 1. The van der Waals surface area contributed by atoms with Gasteiger partial charge in [0.1, 0.15) is 0 Å². The van der Waals surface area contributed by atoms with E-state index in [0.29, 0.717) is 13.0 Å². The summed E-state index contributed by atoms with van der Waals surface area (Å²) in [6.07, 6.45) is 0.915. The highest BCUT2D eigenvalue weighted by Crippen LogP contribution is 2.37. The molecular weight excluding hydrogens is 316 g/mol. The molecular formula is C19H22N4O2. The van der Waals surface area contributed by atoms with Gasteiger partial charge in [-0.15, -0.1) is 0 Å². The highest BCUT2D eigenvalue weighted by Gasteiger charge is 2.36. The maximum Gasteiger partial charge on any atom is 0.290 e. The van der Waals surface area contributed by atoms with Gasteiger partial charge in [-0.1, -0.05) is 30.7 Å². The number of fused-ring (bicyclic) bond motifs is 1. The molecule has 6 nitrogen and oxygen atoms in total. The van der Waals surface area contributed by atoms with Crippen LogP contribution in [0, 0.1) is 6.92 Å². The number of carbonyl (C=O) groups excluding carboxylic acids is 2. The smallest absolute Gasteiger partial charge is 0.290 e. The predicted octanol–water partition coefficient (Wildman–Crippen LogP) is 2.81. The van der Waals surface area contributed by atoms with Crippen LogP contribution in [0.25, 0.3) is 11.3 Å². The van der Waals surface area contributed by atoms with E-state index in [-0.39, 0.29) is 24.2 Å². The Morgan fingerprint density at radius 1 is 1.32 bits per heavy atom. The van der Waals surface area contributed by atoms with E-state index >= 15 is 0 Å². The molecule has 1 unspecified atom stereocenters. The van der Waals surface area contributed by atoms with Crippen molar-refractivity contribution < 1.29 is 9.59 Å². The topological polar surface area (TPSA) is 89.2 Å². The number of anilines is 1. The van der Waals surface area contributed by atoms with Crippen molar-refractivity contribution >= 4 is 17.6 Å². The molecule has 0 fully saturated rings. The number of carbonyl (C=O) groups is 2. The van der Waals surface area contributed by atoms with Crippen molar-refractivity contribution in [2.75, 3.05) is 5.73 Å². The number of hydrogen-bond acceptors (Lipinski definition) is 5. The van der Waals surface area contributed by atoms with Crippen molar-refractivity contribution in [2.24, 2.45) is 0 Å². The van der Waals surface area contributed by atoms with Crippen molar-refractivity contribution in [1.82, 2.24) is 14.9 Å². The Hall–Kier alpha value is -2.76. The Balaban J connectivity index is 2.03. The Labute approximate surface area is 147 Å². The van der Waals surface area contributed by atoms with E-state index in [4.69, 9.17) is 5.73 Å². The summed E-state index contributed by atoms with van der Waals surface area (Å²) in [6.45, 7) is 6.09. The standard InChI is InChI=1S/C19H22N4O2/c1-4-6-15(24)18(25)23-10-14-16(12(23)3)21-19(20)22-17(14)13-8-5-7-11(2)9-13/h5,7-9,12H,4,6,10H2,1-3H3,(H2,20,21,22). The first kappa shape index (κ1) is 17.1. The zero-order chi connectivity index (χ0) is 18.1. The molecule has 3 rings (SSSR count). The summed E-state index contributed by atoms with van der Waals surface area (Å²) < 4.78 is 0. The molecule has 0 spiro atoms. The first-order valence-corrected chi connectivity index (χ1v) is 8.49. The van der Waals surface area contributed by atoms with E-state index in [1.165, 1.54) is 0 Å². The van der Waals surface area contributed by atoms with Gasteiger partial charge >= 0.3 is 0 Å². The number of nitrogens with two attached hydrogens (primary N) is 1. The number of hydrogen-bond donors (Lipinski definition) is 1. The lowest BCUT2D eigenvalue weighted by Gasteiger charge is -2.20. The summed E-state index contributed by atoms with van der Waals surface area (Å²) in [5.41, 5.74) is 10.3. The first-order chi connectivity index (χ1) is 11.9. The van der Waals surface area contributed by atoms with Crippen molar-refractivity contribution in [3.63, 3.8) is 0 Å². The molecule has 1 aromatic heterocycles. The molecule has 6 heteroatoms. The van der Waals surface area contributed by atoms with Gasteiger partial charge in [0.25, 0.3) is 5.91 Å². The third-order valence-corrected chi connectivity index (χ3v) is 4.52. The summed E-state index contributed by atoms with van der Waals surface area (Å²) in [7, 11) is 0. The molecule has 1 atom stereocenters. The fourth-order valence-corrected chi connectivity index (χ4v) is 3.25. The van der Waals surface area contributed by atoms with Crippen LogP contribution in [0.5, 0.6) is 0 Å². The first-order valence-electron chi connectivity index (χ1n) is 8.49. The van der Waals surface area contributed by atoms with Gasteiger partial charge in [0.2, 0.25) is 11.7 Å². The van der Waals surface area contributed by atoms with Gasteiger partial charge in [-0.05, 0) is 26.3 Å². The van der Waals surface area contributed by atoms with E-state index in [1.807, 2.05) is 45.0 Å². The van der Waals surface area contributed by atoms with Gasteiger partial charge in [-0.2, -0.15) is 0 Å². The van der Waals surface area contributed by atoms with Gasteiger partial charge in [0, 0.05) is 17.5 Å². The van der Waals surface area contributed by atoms with E-state index in [1.54, 1.807) is 4.90 Å². The number of amides is 1. The molecule has 1 aliphatic heterocycles. The van der Waals surface area contributed by atoms with Gasteiger partial charge in [-0.3, -0.25) is 9.59 Å². The largest absolute Gasteiger partial charge is 0.368 e. The Kier molecular flexibility index (Phi) is 4.53. The fraction of sp³-hybridized carbons (Fsp3) is 0.368. The van der Waals surface area contributed by atoms with E-state index in [9.17, 15) is 9.59 Å². The number of nitrogens with zero attached hydrogens (tertiary/aromatic N) is 3. The van der Waals surface area contributed by atoms with Gasteiger partial charge in [0.15, 0.2) is 0 Å². The van der Waals surface area contributed by atoms with E-state index < -0.39 is 5.91 Å². The molecule has 0 saturated carbocycles. The Bertz CT molecular complexity index is 847. The average Bonchev–Trinajstić information content (AvgIpc) is 2.90. The zero-order valence-corrected chi connectivity index (χ0v) is 14.7. The lowest BCUT2D eigenvalue weighted by atomic mass is 10.0. The molecule has 2 aromatic rings. The third-order valence-electron chi connectivity index (χ3n) is 4.52. The maximum absolute atomic E-state index is 12.5. The number of aryl methyl sites for hydroxylation is 1. The van der Waals surface area contributed by atoms with Crippen LogP contribution in [0.4, 0.5) is 5.95 Å². The molecule has 1 aromatic carbocycles. The van der Waals surface area contributed by atoms with E-state index in [2.05, 4.69) is 9.97 Å². The number of aromatic nitrogens is 2. The lowest BCUT2D eigenvalue weighted by Crippen LogP contribution is -2.34. The molecule has 0 aliphatic carbocycles. The minimum absolute atomic E-state index is 0.177. The molecule has 1 amide bonds. The second kappa shape index (κ2) is 6.63. The van der Waals surface area contributed by atoms with Gasteiger partial charge < -0.3 is 10.6 Å². The number of ketones is 1. The summed E-state index contributed by atoms with van der Waals surface area (Å²) in [6, 6.07) is 7.67. The van der Waals surface area contributed by atoms with Crippen LogP contribution in [0.2, 0.25) is 0 Å². The highest BCUT2D eigenvalue weighted by atomic mass is 16.2. The maximum atomic E-state index is 12.5. The summed E-state index contributed by atoms with van der Waals surface area (Å²) in [4.78, 5) is 34.9. The fourth-order valence-electron chi connectivity index (χ4n) is 3.25. The summed E-state index contributed by atoms with van der Waals surface area (Å²) >= 11 is 0. The SMILES string of the molecule is CCCC(=O)C(=O)N1Cc2c(-c3cccc(C)c3)nc(N)nc2C1C. The highest BCUT2D eigenvalue weighted by molar-refractivity contribution is 6.36. The van der Waals surface area contributed by atoms with Crippen LogP contribution in [-0.4, -0.2) is 26.6 Å². The molecule has 0 bridgehead atoms. The monoisotopic (exact) mass is 338 g/mol. The van der Waals surface area contributed by atoms with Crippen molar-refractivity contribution in [1.29, 1.82) is 0 Å². The van der Waals surface area contributed by atoms with Crippen molar-refractivity contribution in [3.05, 3.63) is 41.1 Å². The summed E-state index contributed by atoms with van der Waals surface area (Å²) in [5.74, 6) is -0.641. The van der Waals surface area contributed by atoms with Gasteiger partial charge in [-0.25, -0.2) is 9.97 Å². The summed E-state index contributed by atoms with van der Waals surface area (Å²) in [5, 5.41) is 0. The van der Waals surface area contributed by atoms with Crippen LogP contribution in [0.15, 0.2) is 24.3 Å². The van der Waals surface area contributed by atoms with Crippen LogP contribution in [0.3, 0.4) is 0 Å². The molecule has 130 valence electrons. The number of nitrogen functional groups attached to an aromatic ring is 1. The second-order valence-corrected chi connectivity index (χ2v) is 6.45. The Morgan fingerprint density at radius 3 is 2.76 bits per heavy atom. The molecule has 2 heterocycles. The second-order valence-electron chi connectivity index (χ2n) is 6.45. The predicted molar refractivity (Wildman–Crippen MR) is 95.5 cm³/mol. The number of Topliss-reactive ketones (excluding diaryl/α,β-unsaturated/α-hetero) is 1. The molecule has 2 N–H and O–H groups in total. The third kappa shape index (κ3) is 3.12. The normalized spacial score (nSPS) is 16.0. The van der Waals surface area contributed by atoms with Gasteiger partial charge in [0.05, 0.1) is 24.0 Å². The van der Waals surface area contributed by atoms with Crippen LogP contribution in [0.1, 0.15) is 49.6 Å². The molecule has 0 saturated heterocycles. The average molecular weight is 338 g/mol. The minimum atomic E-state index is -0.457. The number of rotatable bonds is 4. The van der Waals surface area contributed by atoms with Crippen molar-refractivity contribution in [2.45, 2.75) is 46.2 Å². The molecule has 1 aliphatic rings.